The zero-order valence-electron chi connectivity index (χ0n) is 22.6. The molecule has 0 saturated heterocycles. The van der Waals surface area contributed by atoms with Crippen LogP contribution in [0.5, 0.6) is 0 Å². The lowest BCUT2D eigenvalue weighted by Gasteiger charge is -2.09. The van der Waals surface area contributed by atoms with Gasteiger partial charge in [-0.25, -0.2) is 4.85 Å². The Morgan fingerprint density at radius 1 is 0.628 bits per heavy atom. The molecule has 4 nitrogen and oxygen atoms in total. The summed E-state index contributed by atoms with van der Waals surface area (Å²) in [6, 6.07) is 41.5. The Morgan fingerprint density at radius 2 is 1.40 bits per heavy atom. The van der Waals surface area contributed by atoms with E-state index in [-0.39, 0.29) is 0 Å². The summed E-state index contributed by atoms with van der Waals surface area (Å²) in [7, 11) is 0. The van der Waals surface area contributed by atoms with Crippen molar-refractivity contribution in [3.8, 4) is 22.9 Å². The highest BCUT2D eigenvalue weighted by atomic mass is 32.1. The fraction of sp³-hybridized carbons (Fsp3) is 0. The van der Waals surface area contributed by atoms with Gasteiger partial charge in [-0.2, -0.15) is 5.26 Å². The van der Waals surface area contributed by atoms with Gasteiger partial charge in [0.15, 0.2) is 0 Å². The Hall–Kier alpha value is -5.88. The zero-order chi connectivity index (χ0) is 28.7. The zero-order valence-corrected chi connectivity index (χ0v) is 23.4. The molecule has 0 aliphatic heterocycles. The van der Waals surface area contributed by atoms with Gasteiger partial charge in [-0.05, 0) is 71.1 Å². The van der Waals surface area contributed by atoms with Crippen LogP contribution >= 0.6 is 11.3 Å². The van der Waals surface area contributed by atoms with Gasteiger partial charge in [0.05, 0.1) is 39.6 Å². The first-order chi connectivity index (χ1) is 21.2. The molecule has 0 fully saturated rings. The first-order valence-electron chi connectivity index (χ1n) is 13.9. The minimum atomic E-state index is 0.627. The highest BCUT2D eigenvalue weighted by Crippen LogP contribution is 2.46. The van der Waals surface area contributed by atoms with Gasteiger partial charge >= 0.3 is 0 Å². The number of fused-ring (bicyclic) bond motifs is 9. The second kappa shape index (κ2) is 8.81. The van der Waals surface area contributed by atoms with Crippen molar-refractivity contribution in [2.75, 3.05) is 0 Å². The average molecular weight is 566 g/mol. The minimum Gasteiger partial charge on any atom is -0.456 e. The molecule has 198 valence electrons. The number of furan rings is 1. The van der Waals surface area contributed by atoms with Crippen LogP contribution < -0.4 is 0 Å². The average Bonchev–Trinajstić information content (AvgIpc) is 3.73. The SMILES string of the molecule is [C-]#[N+]c1cc(-c2ccc3oc4ccccc4c3c2)cc2c1sc1c(-n3c4ccccc4c4ccc(C#N)cc43)cccc12. The summed E-state index contributed by atoms with van der Waals surface area (Å²) in [6.45, 7) is 8.11. The van der Waals surface area contributed by atoms with Crippen molar-refractivity contribution in [1.29, 1.82) is 5.26 Å². The molecule has 9 aromatic rings. The first-order valence-corrected chi connectivity index (χ1v) is 14.8. The number of nitriles is 1. The molecule has 0 radical (unpaired) electrons. The van der Waals surface area contributed by atoms with Crippen LogP contribution in [0.1, 0.15) is 5.56 Å². The van der Waals surface area contributed by atoms with Crippen LogP contribution in [0.3, 0.4) is 0 Å². The third kappa shape index (κ3) is 3.35. The molecule has 0 N–H and O–H groups in total. The van der Waals surface area contributed by atoms with Crippen LogP contribution in [-0.2, 0) is 0 Å². The molecule has 0 amide bonds. The molecule has 0 unspecified atom stereocenters. The van der Waals surface area contributed by atoms with Crippen LogP contribution in [-0.4, -0.2) is 4.57 Å². The fourth-order valence-corrected chi connectivity index (χ4v) is 7.74. The highest BCUT2D eigenvalue weighted by Gasteiger charge is 2.19. The summed E-state index contributed by atoms with van der Waals surface area (Å²) in [5.41, 5.74) is 8.18. The van der Waals surface area contributed by atoms with Crippen molar-refractivity contribution in [2.45, 2.75) is 0 Å². The summed E-state index contributed by atoms with van der Waals surface area (Å²) >= 11 is 1.66. The van der Waals surface area contributed by atoms with Gasteiger partial charge in [-0.1, -0.05) is 60.7 Å². The van der Waals surface area contributed by atoms with Crippen molar-refractivity contribution in [3.63, 3.8) is 0 Å². The second-order valence-electron chi connectivity index (χ2n) is 10.7. The Balaban J connectivity index is 1.32. The molecule has 43 heavy (non-hydrogen) atoms. The summed E-state index contributed by atoms with van der Waals surface area (Å²) in [4.78, 5) is 4.00. The molecule has 9 rings (SSSR count). The predicted molar refractivity (Wildman–Crippen MR) is 177 cm³/mol. The van der Waals surface area contributed by atoms with E-state index in [1.807, 2.05) is 48.5 Å². The molecule has 0 aliphatic rings. The van der Waals surface area contributed by atoms with E-state index in [4.69, 9.17) is 11.0 Å². The number of thiophene rings is 1. The maximum atomic E-state index is 9.69. The van der Waals surface area contributed by atoms with E-state index in [1.54, 1.807) is 11.3 Å². The first kappa shape index (κ1) is 23.8. The van der Waals surface area contributed by atoms with E-state index in [0.717, 1.165) is 80.7 Å². The molecule has 5 heteroatoms. The molecule has 3 heterocycles. The lowest BCUT2D eigenvalue weighted by atomic mass is 9.99. The summed E-state index contributed by atoms with van der Waals surface area (Å²) in [6.07, 6.45) is 0. The monoisotopic (exact) mass is 565 g/mol. The Bertz CT molecular complexity index is 2710. The number of benzene rings is 6. The van der Waals surface area contributed by atoms with Gasteiger partial charge < -0.3 is 8.98 Å². The molecule has 0 atom stereocenters. The van der Waals surface area contributed by atoms with Crippen LogP contribution in [0.2, 0.25) is 0 Å². The number of rotatable bonds is 2. The molecular weight excluding hydrogens is 547 g/mol. The van der Waals surface area contributed by atoms with Crippen LogP contribution in [0.25, 0.3) is 85.6 Å². The molecule has 0 saturated carbocycles. The van der Waals surface area contributed by atoms with E-state index in [2.05, 4.69) is 82.2 Å². The third-order valence-corrected chi connectivity index (χ3v) is 9.70. The number of nitrogens with zero attached hydrogens (tertiary/aromatic N) is 3. The van der Waals surface area contributed by atoms with Crippen molar-refractivity contribution in [2.24, 2.45) is 0 Å². The van der Waals surface area contributed by atoms with Crippen LogP contribution in [0.15, 0.2) is 120 Å². The van der Waals surface area contributed by atoms with Gasteiger partial charge in [-0.3, -0.25) is 0 Å². The standard InChI is InChI=1S/C38H19N3OS/c1-40-31-20-24(23-14-16-36-29(18-23)27-8-3-5-12-35(27)42-36)19-30-28-9-6-11-33(38(28)43-37(30)31)41-32-10-4-2-7-25(32)26-15-13-22(21-39)17-34(26)41/h2-20H. The summed E-state index contributed by atoms with van der Waals surface area (Å²) in [5, 5.41) is 16.3. The number of hydrogen-bond donors (Lipinski definition) is 0. The van der Waals surface area contributed by atoms with Crippen molar-refractivity contribution in [3.05, 3.63) is 132 Å². The molecule has 0 spiro atoms. The topological polar surface area (TPSA) is 46.2 Å². The van der Waals surface area contributed by atoms with Crippen molar-refractivity contribution in [1.82, 2.24) is 4.57 Å². The van der Waals surface area contributed by atoms with E-state index in [1.165, 1.54) is 0 Å². The maximum Gasteiger partial charge on any atom is 0.205 e. The van der Waals surface area contributed by atoms with Gasteiger partial charge in [0.25, 0.3) is 0 Å². The van der Waals surface area contributed by atoms with E-state index in [9.17, 15) is 5.26 Å². The normalized spacial score (nSPS) is 11.7. The van der Waals surface area contributed by atoms with Crippen LogP contribution in [0.4, 0.5) is 5.69 Å². The van der Waals surface area contributed by atoms with Crippen LogP contribution in [0, 0.1) is 17.9 Å². The predicted octanol–water partition coefficient (Wildman–Crippen LogP) is 11.1. The third-order valence-electron chi connectivity index (χ3n) is 8.43. The minimum absolute atomic E-state index is 0.627. The Morgan fingerprint density at radius 3 is 2.28 bits per heavy atom. The Kier molecular flexibility index (Phi) is 4.87. The van der Waals surface area contributed by atoms with E-state index >= 15 is 0 Å². The fourth-order valence-electron chi connectivity index (χ4n) is 6.50. The second-order valence-corrected chi connectivity index (χ2v) is 11.8. The van der Waals surface area contributed by atoms with Gasteiger partial charge in [0, 0.05) is 31.6 Å². The van der Waals surface area contributed by atoms with E-state index < -0.39 is 0 Å². The molecule has 0 aliphatic carbocycles. The summed E-state index contributed by atoms with van der Waals surface area (Å²) in [5.74, 6) is 0. The quantitative estimate of drug-likeness (QED) is 0.196. The van der Waals surface area contributed by atoms with Gasteiger partial charge in [-0.15, -0.1) is 11.3 Å². The number of hydrogen-bond acceptors (Lipinski definition) is 3. The molecule has 0 bridgehead atoms. The smallest absolute Gasteiger partial charge is 0.205 e. The van der Waals surface area contributed by atoms with E-state index in [0.29, 0.717) is 11.3 Å². The highest BCUT2D eigenvalue weighted by molar-refractivity contribution is 7.26. The summed E-state index contributed by atoms with van der Waals surface area (Å²) < 4.78 is 10.4. The van der Waals surface area contributed by atoms with Gasteiger partial charge in [0.1, 0.15) is 11.2 Å². The molecule has 6 aromatic carbocycles. The molecular formula is C38H19N3OS. The number of para-hydroxylation sites is 2. The van der Waals surface area contributed by atoms with Gasteiger partial charge in [0.2, 0.25) is 5.69 Å². The Labute approximate surface area is 249 Å². The number of aromatic nitrogens is 1. The lowest BCUT2D eigenvalue weighted by molar-refractivity contribution is 0.669. The maximum absolute atomic E-state index is 9.69. The van der Waals surface area contributed by atoms with Crippen molar-refractivity contribution < 1.29 is 4.42 Å². The lowest BCUT2D eigenvalue weighted by Crippen LogP contribution is -1.94. The van der Waals surface area contributed by atoms with Crippen molar-refractivity contribution >= 4 is 80.9 Å². The largest absolute Gasteiger partial charge is 0.456 e. The molecule has 3 aromatic heterocycles.